The summed E-state index contributed by atoms with van der Waals surface area (Å²) in [6.07, 6.45) is 1.06. The second-order valence-electron chi connectivity index (χ2n) is 7.66. The van der Waals surface area contributed by atoms with E-state index in [0.717, 1.165) is 17.5 Å². The molecule has 0 radical (unpaired) electrons. The number of amides is 1. The smallest absolute Gasteiger partial charge is 0.277 e. The molecule has 0 saturated carbocycles. The minimum absolute atomic E-state index is 0.0537. The topological polar surface area (TPSA) is 68.0 Å². The Morgan fingerprint density at radius 3 is 2.38 bits per heavy atom. The van der Waals surface area contributed by atoms with Crippen LogP contribution >= 0.6 is 11.8 Å². The number of nitrogens with one attached hydrogen (secondary N) is 1. The number of hydrogen-bond donors (Lipinski definition) is 1. The summed E-state index contributed by atoms with van der Waals surface area (Å²) in [6, 6.07) is 16.3. The number of carbonyl (C=O) groups excluding carboxylic acids is 1. The van der Waals surface area contributed by atoms with Gasteiger partial charge in [0, 0.05) is 5.56 Å². The van der Waals surface area contributed by atoms with Crippen molar-refractivity contribution in [2.24, 2.45) is 5.92 Å². The SMILES string of the molecule is Cc1ccc(-c2nnc(SCC(=O)NC(C)c3ccc(CC(C)C)cc3)o2)cc1. The Balaban J connectivity index is 1.50. The summed E-state index contributed by atoms with van der Waals surface area (Å²) >= 11 is 1.24. The first-order valence-electron chi connectivity index (χ1n) is 9.82. The summed E-state index contributed by atoms with van der Waals surface area (Å²) in [5, 5.41) is 11.5. The molecule has 0 aliphatic heterocycles. The molecule has 1 N–H and O–H groups in total. The van der Waals surface area contributed by atoms with Crippen LogP contribution in [0.1, 0.15) is 43.5 Å². The van der Waals surface area contributed by atoms with E-state index < -0.39 is 0 Å². The standard InChI is InChI=1S/C23H27N3O2S/c1-15(2)13-18-7-11-19(12-8-18)17(4)24-21(27)14-29-23-26-25-22(28-23)20-9-5-16(3)6-10-20/h5-12,15,17H,13-14H2,1-4H3,(H,24,27). The van der Waals surface area contributed by atoms with Crippen LogP contribution in [0.25, 0.3) is 11.5 Å². The van der Waals surface area contributed by atoms with Crippen LogP contribution in [-0.4, -0.2) is 21.9 Å². The van der Waals surface area contributed by atoms with Crippen molar-refractivity contribution >= 4 is 17.7 Å². The molecule has 2 aromatic carbocycles. The second kappa shape index (κ2) is 9.74. The number of aromatic nitrogens is 2. The highest BCUT2D eigenvalue weighted by Gasteiger charge is 2.13. The van der Waals surface area contributed by atoms with Gasteiger partial charge in [-0.15, -0.1) is 10.2 Å². The molecule has 1 amide bonds. The molecule has 1 unspecified atom stereocenters. The van der Waals surface area contributed by atoms with E-state index >= 15 is 0 Å². The number of carbonyl (C=O) groups is 1. The van der Waals surface area contributed by atoms with E-state index in [0.29, 0.717) is 17.0 Å². The van der Waals surface area contributed by atoms with E-state index in [2.05, 4.69) is 53.6 Å². The molecule has 0 aliphatic carbocycles. The molecule has 0 bridgehead atoms. The molecule has 29 heavy (non-hydrogen) atoms. The van der Waals surface area contributed by atoms with E-state index in [9.17, 15) is 4.79 Å². The first-order valence-corrected chi connectivity index (χ1v) is 10.8. The highest BCUT2D eigenvalue weighted by Crippen LogP contribution is 2.23. The largest absolute Gasteiger partial charge is 0.411 e. The Morgan fingerprint density at radius 2 is 1.72 bits per heavy atom. The third kappa shape index (κ3) is 6.19. The van der Waals surface area contributed by atoms with Crippen LogP contribution in [0.3, 0.4) is 0 Å². The van der Waals surface area contributed by atoms with E-state index in [-0.39, 0.29) is 17.7 Å². The van der Waals surface area contributed by atoms with Crippen molar-refractivity contribution in [3.05, 3.63) is 65.2 Å². The van der Waals surface area contributed by atoms with Crippen LogP contribution in [0.15, 0.2) is 58.2 Å². The molecule has 1 atom stereocenters. The van der Waals surface area contributed by atoms with E-state index in [1.807, 2.05) is 38.1 Å². The predicted octanol–water partition coefficient (Wildman–Crippen LogP) is 5.21. The lowest BCUT2D eigenvalue weighted by Gasteiger charge is -2.15. The predicted molar refractivity (Wildman–Crippen MR) is 117 cm³/mol. The summed E-state index contributed by atoms with van der Waals surface area (Å²) < 4.78 is 5.66. The van der Waals surface area contributed by atoms with E-state index in [1.165, 1.54) is 22.9 Å². The Hall–Kier alpha value is -2.60. The summed E-state index contributed by atoms with van der Waals surface area (Å²) in [5.41, 5.74) is 4.45. The van der Waals surface area contributed by atoms with Gasteiger partial charge in [0.25, 0.3) is 5.22 Å². The van der Waals surface area contributed by atoms with Crippen molar-refractivity contribution in [2.45, 2.75) is 45.4 Å². The van der Waals surface area contributed by atoms with Crippen LogP contribution < -0.4 is 5.32 Å². The third-order valence-corrected chi connectivity index (χ3v) is 5.35. The quantitative estimate of drug-likeness (QED) is 0.517. The van der Waals surface area contributed by atoms with Gasteiger partial charge in [-0.05, 0) is 49.4 Å². The maximum Gasteiger partial charge on any atom is 0.277 e. The number of rotatable bonds is 8. The zero-order valence-electron chi connectivity index (χ0n) is 17.3. The highest BCUT2D eigenvalue weighted by atomic mass is 32.2. The fourth-order valence-electron chi connectivity index (χ4n) is 2.99. The summed E-state index contributed by atoms with van der Waals surface area (Å²) in [6.45, 7) is 8.43. The monoisotopic (exact) mass is 409 g/mol. The molecule has 0 saturated heterocycles. The Labute approximate surface area is 176 Å². The summed E-state index contributed by atoms with van der Waals surface area (Å²) in [7, 11) is 0. The van der Waals surface area contributed by atoms with Crippen LogP contribution in [0, 0.1) is 12.8 Å². The van der Waals surface area contributed by atoms with Gasteiger partial charge >= 0.3 is 0 Å². The molecule has 1 heterocycles. The molecule has 3 aromatic rings. The normalized spacial score (nSPS) is 12.2. The highest BCUT2D eigenvalue weighted by molar-refractivity contribution is 7.99. The third-order valence-electron chi connectivity index (χ3n) is 4.53. The van der Waals surface area contributed by atoms with Gasteiger partial charge in [0.2, 0.25) is 11.8 Å². The van der Waals surface area contributed by atoms with Crippen LogP contribution in [0.2, 0.25) is 0 Å². The number of aryl methyl sites for hydroxylation is 1. The number of benzene rings is 2. The first kappa shape index (κ1) is 21.1. The number of nitrogens with zero attached hydrogens (tertiary/aromatic N) is 2. The first-order chi connectivity index (χ1) is 13.9. The van der Waals surface area contributed by atoms with Gasteiger partial charge in [-0.3, -0.25) is 4.79 Å². The summed E-state index contributed by atoms with van der Waals surface area (Å²) in [5.74, 6) is 1.25. The zero-order chi connectivity index (χ0) is 20.8. The van der Waals surface area contributed by atoms with E-state index in [1.54, 1.807) is 0 Å². The minimum Gasteiger partial charge on any atom is -0.411 e. The van der Waals surface area contributed by atoms with Gasteiger partial charge in [-0.2, -0.15) is 0 Å². The van der Waals surface area contributed by atoms with Crippen molar-refractivity contribution in [2.75, 3.05) is 5.75 Å². The molecule has 152 valence electrons. The molecule has 3 rings (SSSR count). The van der Waals surface area contributed by atoms with Crippen LogP contribution in [0.4, 0.5) is 0 Å². The Morgan fingerprint density at radius 1 is 1.03 bits per heavy atom. The molecule has 5 nitrogen and oxygen atoms in total. The maximum absolute atomic E-state index is 12.3. The van der Waals surface area contributed by atoms with Gasteiger partial charge in [0.15, 0.2) is 0 Å². The maximum atomic E-state index is 12.3. The molecule has 0 aliphatic rings. The Kier molecular flexibility index (Phi) is 7.09. The fraction of sp³-hybridized carbons (Fsp3) is 0.348. The fourth-order valence-corrected chi connectivity index (χ4v) is 3.56. The van der Waals surface area contributed by atoms with Crippen molar-refractivity contribution in [1.82, 2.24) is 15.5 Å². The number of thioether (sulfide) groups is 1. The molecule has 0 fully saturated rings. The van der Waals surface area contributed by atoms with Gasteiger partial charge < -0.3 is 9.73 Å². The van der Waals surface area contributed by atoms with Crippen molar-refractivity contribution in [3.8, 4) is 11.5 Å². The second-order valence-corrected chi connectivity index (χ2v) is 8.58. The lowest BCUT2D eigenvalue weighted by molar-refractivity contribution is -0.119. The zero-order valence-corrected chi connectivity index (χ0v) is 18.1. The minimum atomic E-state index is -0.0659. The molecular weight excluding hydrogens is 382 g/mol. The van der Waals surface area contributed by atoms with Gasteiger partial charge in [0.1, 0.15) is 0 Å². The van der Waals surface area contributed by atoms with Gasteiger partial charge in [-0.1, -0.05) is 67.6 Å². The van der Waals surface area contributed by atoms with Gasteiger partial charge in [0.05, 0.1) is 11.8 Å². The molecule has 0 spiro atoms. The van der Waals surface area contributed by atoms with Crippen LogP contribution in [-0.2, 0) is 11.2 Å². The molecule has 1 aromatic heterocycles. The lowest BCUT2D eigenvalue weighted by Crippen LogP contribution is -2.28. The molecular formula is C23H27N3O2S. The van der Waals surface area contributed by atoms with Crippen molar-refractivity contribution in [1.29, 1.82) is 0 Å². The summed E-state index contributed by atoms with van der Waals surface area (Å²) in [4.78, 5) is 12.3. The van der Waals surface area contributed by atoms with Crippen LogP contribution in [0.5, 0.6) is 0 Å². The molecule has 6 heteroatoms. The van der Waals surface area contributed by atoms with Crippen molar-refractivity contribution < 1.29 is 9.21 Å². The Bertz CT molecular complexity index is 934. The lowest BCUT2D eigenvalue weighted by atomic mass is 10.00. The van der Waals surface area contributed by atoms with Gasteiger partial charge in [-0.25, -0.2) is 0 Å². The van der Waals surface area contributed by atoms with E-state index in [4.69, 9.17) is 4.42 Å². The average molecular weight is 410 g/mol. The van der Waals surface area contributed by atoms with Crippen molar-refractivity contribution in [3.63, 3.8) is 0 Å². The average Bonchev–Trinajstić information content (AvgIpc) is 3.16. The number of hydrogen-bond acceptors (Lipinski definition) is 5.